The summed E-state index contributed by atoms with van der Waals surface area (Å²) < 4.78 is 0. The van der Waals surface area contributed by atoms with Gasteiger partial charge in [-0.1, -0.05) is 19.1 Å². The van der Waals surface area contributed by atoms with Crippen molar-refractivity contribution in [1.82, 2.24) is 5.32 Å². The van der Waals surface area contributed by atoms with Gasteiger partial charge in [-0.2, -0.15) is 0 Å². The molecule has 2 heteroatoms. The zero-order valence-electron chi connectivity index (χ0n) is 8.65. The Hall–Kier alpha value is -0.630. The number of hydrogen-bond acceptors (Lipinski definition) is 2. The molecule has 0 spiro atoms. The van der Waals surface area contributed by atoms with Crippen LogP contribution in [-0.2, 0) is 4.79 Å². The molecule has 1 aliphatic heterocycles. The topological polar surface area (TPSA) is 29.1 Å². The maximum atomic E-state index is 11.9. The number of Topliss-reactive ketones (excluding diaryl/α,β-unsaturated/α-hetero) is 1. The first kappa shape index (κ1) is 10.5. The first-order valence-corrected chi connectivity index (χ1v) is 4.99. The number of carbonyl (C=O) groups is 1. The van der Waals surface area contributed by atoms with Crippen LogP contribution in [0.4, 0.5) is 0 Å². The molecule has 0 aromatic carbocycles. The smallest absolute Gasteiger partial charge is 0.144 e. The largest absolute Gasteiger partial charge is 0.316 e. The van der Waals surface area contributed by atoms with Crippen molar-refractivity contribution >= 4 is 5.78 Å². The van der Waals surface area contributed by atoms with E-state index in [1.54, 1.807) is 0 Å². The van der Waals surface area contributed by atoms with E-state index in [0.29, 0.717) is 12.2 Å². The van der Waals surface area contributed by atoms with Gasteiger partial charge in [0.2, 0.25) is 0 Å². The summed E-state index contributed by atoms with van der Waals surface area (Å²) >= 11 is 0. The number of hydrogen-bond donors (Lipinski definition) is 1. The molecule has 1 saturated heterocycles. The van der Waals surface area contributed by atoms with Gasteiger partial charge in [0.1, 0.15) is 5.78 Å². The lowest BCUT2D eigenvalue weighted by atomic mass is 9.78. The van der Waals surface area contributed by atoms with Crippen LogP contribution in [0.2, 0.25) is 0 Å². The molecule has 1 fully saturated rings. The van der Waals surface area contributed by atoms with Crippen molar-refractivity contribution in [3.05, 3.63) is 12.2 Å². The van der Waals surface area contributed by atoms with Crippen LogP contribution in [0, 0.1) is 5.41 Å². The summed E-state index contributed by atoms with van der Waals surface area (Å²) in [6, 6.07) is 0. The molecular weight excluding hydrogens is 162 g/mol. The lowest BCUT2D eigenvalue weighted by Crippen LogP contribution is -2.32. The van der Waals surface area contributed by atoms with Gasteiger partial charge in [0.05, 0.1) is 0 Å². The zero-order valence-corrected chi connectivity index (χ0v) is 8.65. The van der Waals surface area contributed by atoms with Crippen molar-refractivity contribution in [2.45, 2.75) is 33.1 Å². The molecule has 1 atom stereocenters. The zero-order chi connectivity index (χ0) is 9.90. The van der Waals surface area contributed by atoms with Crippen LogP contribution in [-0.4, -0.2) is 18.9 Å². The highest BCUT2D eigenvalue weighted by molar-refractivity contribution is 5.87. The third kappa shape index (κ3) is 2.19. The molecule has 1 N–H and O–H groups in total. The molecular formula is C11H19NO. The highest BCUT2D eigenvalue weighted by atomic mass is 16.1. The van der Waals surface area contributed by atoms with Crippen molar-refractivity contribution in [1.29, 1.82) is 0 Å². The second-order valence-electron chi connectivity index (χ2n) is 4.12. The van der Waals surface area contributed by atoms with Crippen LogP contribution in [0.3, 0.4) is 0 Å². The van der Waals surface area contributed by atoms with Gasteiger partial charge in [0.15, 0.2) is 0 Å². The lowest BCUT2D eigenvalue weighted by Gasteiger charge is -2.24. The summed E-state index contributed by atoms with van der Waals surface area (Å²) in [4.78, 5) is 11.9. The van der Waals surface area contributed by atoms with E-state index in [4.69, 9.17) is 0 Å². The van der Waals surface area contributed by atoms with E-state index in [-0.39, 0.29) is 5.41 Å². The molecule has 0 saturated carbocycles. The van der Waals surface area contributed by atoms with Crippen LogP contribution in [0.1, 0.15) is 33.1 Å². The predicted molar refractivity (Wildman–Crippen MR) is 54.6 cm³/mol. The molecule has 1 rings (SSSR count). The van der Waals surface area contributed by atoms with Crippen LogP contribution >= 0.6 is 0 Å². The number of ketones is 1. The van der Waals surface area contributed by atoms with Crippen LogP contribution in [0.15, 0.2) is 12.2 Å². The Labute approximate surface area is 80.4 Å². The SMILES string of the molecule is C=C(C)CC(=O)C1(CC)CCNC1. The number of carbonyl (C=O) groups excluding carboxylic acids is 1. The van der Waals surface area contributed by atoms with Crippen molar-refractivity contribution in [3.8, 4) is 0 Å². The molecule has 0 bridgehead atoms. The molecule has 2 nitrogen and oxygen atoms in total. The average Bonchev–Trinajstić information content (AvgIpc) is 2.51. The third-order valence-corrected chi connectivity index (χ3v) is 2.97. The van der Waals surface area contributed by atoms with Crippen LogP contribution < -0.4 is 5.32 Å². The predicted octanol–water partition coefficient (Wildman–Crippen LogP) is 1.91. The minimum atomic E-state index is -0.0844. The first-order valence-electron chi connectivity index (χ1n) is 4.99. The molecule has 1 aliphatic rings. The van der Waals surface area contributed by atoms with Crippen molar-refractivity contribution < 1.29 is 4.79 Å². The van der Waals surface area contributed by atoms with Gasteiger partial charge in [-0.05, 0) is 26.3 Å². The van der Waals surface area contributed by atoms with Crippen molar-refractivity contribution in [3.63, 3.8) is 0 Å². The van der Waals surface area contributed by atoms with Gasteiger partial charge in [-0.15, -0.1) is 0 Å². The molecule has 13 heavy (non-hydrogen) atoms. The van der Waals surface area contributed by atoms with Gasteiger partial charge >= 0.3 is 0 Å². The Morgan fingerprint density at radius 3 is 2.69 bits per heavy atom. The van der Waals surface area contributed by atoms with E-state index in [2.05, 4.69) is 18.8 Å². The monoisotopic (exact) mass is 181 g/mol. The van der Waals surface area contributed by atoms with Crippen molar-refractivity contribution in [2.75, 3.05) is 13.1 Å². The minimum Gasteiger partial charge on any atom is -0.316 e. The number of allylic oxidation sites excluding steroid dienone is 1. The molecule has 0 aromatic heterocycles. The summed E-state index contributed by atoms with van der Waals surface area (Å²) in [7, 11) is 0. The number of rotatable bonds is 4. The van der Waals surface area contributed by atoms with Crippen molar-refractivity contribution in [2.24, 2.45) is 5.41 Å². The molecule has 0 aromatic rings. The average molecular weight is 181 g/mol. The van der Waals surface area contributed by atoms with Gasteiger partial charge in [0, 0.05) is 18.4 Å². The van der Waals surface area contributed by atoms with Crippen LogP contribution in [0.25, 0.3) is 0 Å². The van der Waals surface area contributed by atoms with Gasteiger partial charge in [0.25, 0.3) is 0 Å². The maximum Gasteiger partial charge on any atom is 0.144 e. The Morgan fingerprint density at radius 1 is 1.62 bits per heavy atom. The summed E-state index contributed by atoms with van der Waals surface area (Å²) in [6.07, 6.45) is 2.50. The quantitative estimate of drug-likeness (QED) is 0.671. The van der Waals surface area contributed by atoms with E-state index in [9.17, 15) is 4.79 Å². The van der Waals surface area contributed by atoms with E-state index >= 15 is 0 Å². The maximum absolute atomic E-state index is 11.9. The molecule has 0 radical (unpaired) electrons. The first-order chi connectivity index (χ1) is 6.10. The minimum absolute atomic E-state index is 0.0844. The Bertz CT molecular complexity index is 214. The Morgan fingerprint density at radius 2 is 2.31 bits per heavy atom. The van der Waals surface area contributed by atoms with E-state index in [0.717, 1.165) is 31.5 Å². The standard InChI is InChI=1S/C11H19NO/c1-4-11(5-6-12-8-11)10(13)7-9(2)3/h12H,2,4-8H2,1,3H3. The fourth-order valence-electron chi connectivity index (χ4n) is 1.94. The van der Waals surface area contributed by atoms with Crippen LogP contribution in [0.5, 0.6) is 0 Å². The molecule has 1 unspecified atom stereocenters. The van der Waals surface area contributed by atoms with Gasteiger partial charge in [-0.25, -0.2) is 0 Å². The molecule has 1 heterocycles. The normalized spacial score (nSPS) is 27.5. The third-order valence-electron chi connectivity index (χ3n) is 2.97. The lowest BCUT2D eigenvalue weighted by molar-refractivity contribution is -0.127. The van der Waals surface area contributed by atoms with Gasteiger partial charge in [-0.3, -0.25) is 4.79 Å². The molecule has 74 valence electrons. The summed E-state index contributed by atoms with van der Waals surface area (Å²) in [5.74, 6) is 0.368. The van der Waals surface area contributed by atoms with Gasteiger partial charge < -0.3 is 5.32 Å². The van der Waals surface area contributed by atoms with E-state index in [1.165, 1.54) is 0 Å². The summed E-state index contributed by atoms with van der Waals surface area (Å²) in [6.45, 7) is 9.65. The van der Waals surface area contributed by atoms with E-state index < -0.39 is 0 Å². The second kappa shape index (κ2) is 4.05. The highest BCUT2D eigenvalue weighted by Gasteiger charge is 2.38. The second-order valence-corrected chi connectivity index (χ2v) is 4.12. The molecule has 0 aliphatic carbocycles. The fourth-order valence-corrected chi connectivity index (χ4v) is 1.94. The molecule has 0 amide bonds. The highest BCUT2D eigenvalue weighted by Crippen LogP contribution is 2.32. The van der Waals surface area contributed by atoms with E-state index in [1.807, 2.05) is 6.92 Å². The summed E-state index contributed by atoms with van der Waals surface area (Å²) in [5.41, 5.74) is 0.892. The summed E-state index contributed by atoms with van der Waals surface area (Å²) in [5, 5.41) is 3.27. The Kier molecular flexibility index (Phi) is 3.26. The number of nitrogens with one attached hydrogen (secondary N) is 1. The fraction of sp³-hybridized carbons (Fsp3) is 0.727. The Balaban J connectivity index is 2.65.